The van der Waals surface area contributed by atoms with E-state index >= 15 is 0 Å². The fourth-order valence-electron chi connectivity index (χ4n) is 3.06. The molecule has 0 aliphatic heterocycles. The Labute approximate surface area is 165 Å². The van der Waals surface area contributed by atoms with E-state index in [1.54, 1.807) is 14.2 Å². The van der Waals surface area contributed by atoms with Gasteiger partial charge in [0.2, 0.25) is 11.8 Å². The molecule has 0 spiro atoms. The predicted molar refractivity (Wildman–Crippen MR) is 106 cm³/mol. The Kier molecular flexibility index (Phi) is 6.19. The summed E-state index contributed by atoms with van der Waals surface area (Å²) in [5, 5.41) is 5.80. The molecule has 0 bridgehead atoms. The van der Waals surface area contributed by atoms with Crippen LogP contribution >= 0.6 is 0 Å². The van der Waals surface area contributed by atoms with Crippen LogP contribution in [-0.4, -0.2) is 32.6 Å². The SMILES string of the molecule is COc1ccc(CCNC(=O)C2(C(=O)NCc3ccc(OC)cc3)CC2)cc1. The van der Waals surface area contributed by atoms with Crippen molar-refractivity contribution in [3.8, 4) is 11.5 Å². The Morgan fingerprint density at radius 3 is 1.82 bits per heavy atom. The highest BCUT2D eigenvalue weighted by Crippen LogP contribution is 2.46. The van der Waals surface area contributed by atoms with E-state index in [1.165, 1.54) is 0 Å². The zero-order valence-electron chi connectivity index (χ0n) is 16.3. The molecule has 3 rings (SSSR count). The van der Waals surface area contributed by atoms with Crippen LogP contribution in [0.5, 0.6) is 11.5 Å². The minimum absolute atomic E-state index is 0.187. The Bertz CT molecular complexity index is 811. The van der Waals surface area contributed by atoms with Gasteiger partial charge in [-0.25, -0.2) is 0 Å². The summed E-state index contributed by atoms with van der Waals surface area (Å²) < 4.78 is 10.3. The maximum Gasteiger partial charge on any atom is 0.235 e. The van der Waals surface area contributed by atoms with Crippen LogP contribution in [0.2, 0.25) is 0 Å². The molecular weight excluding hydrogens is 356 g/mol. The van der Waals surface area contributed by atoms with Crippen molar-refractivity contribution in [3.05, 3.63) is 59.7 Å². The van der Waals surface area contributed by atoms with Gasteiger partial charge in [0.25, 0.3) is 0 Å². The fourth-order valence-corrected chi connectivity index (χ4v) is 3.06. The van der Waals surface area contributed by atoms with Crippen molar-refractivity contribution in [1.82, 2.24) is 10.6 Å². The normalized spacial score (nSPS) is 14.1. The van der Waals surface area contributed by atoms with E-state index in [1.807, 2.05) is 48.5 Å². The Balaban J connectivity index is 1.46. The number of ether oxygens (including phenoxy) is 2. The molecule has 1 saturated carbocycles. The number of hydrogen-bond acceptors (Lipinski definition) is 4. The minimum Gasteiger partial charge on any atom is -0.497 e. The molecule has 2 amide bonds. The second kappa shape index (κ2) is 8.78. The molecule has 0 heterocycles. The first kappa shape index (κ1) is 19.7. The van der Waals surface area contributed by atoms with Crippen molar-refractivity contribution >= 4 is 11.8 Å². The van der Waals surface area contributed by atoms with Crippen molar-refractivity contribution in [1.29, 1.82) is 0 Å². The second-order valence-electron chi connectivity index (χ2n) is 6.97. The summed E-state index contributed by atoms with van der Waals surface area (Å²) in [6.45, 7) is 0.891. The van der Waals surface area contributed by atoms with Gasteiger partial charge >= 0.3 is 0 Å². The van der Waals surface area contributed by atoms with E-state index in [0.29, 0.717) is 32.4 Å². The molecule has 1 fully saturated rings. The van der Waals surface area contributed by atoms with Crippen LogP contribution in [0, 0.1) is 5.41 Å². The third-order valence-electron chi connectivity index (χ3n) is 5.09. The van der Waals surface area contributed by atoms with Crippen LogP contribution in [-0.2, 0) is 22.6 Å². The van der Waals surface area contributed by atoms with Crippen molar-refractivity contribution in [3.63, 3.8) is 0 Å². The standard InChI is InChI=1S/C22H26N2O4/c1-27-18-7-3-16(4-8-18)11-14-23-20(25)22(12-13-22)21(26)24-15-17-5-9-19(28-2)10-6-17/h3-10H,11-15H2,1-2H3,(H,23,25)(H,24,26). The zero-order chi connectivity index (χ0) is 20.0. The number of methoxy groups -OCH3 is 2. The highest BCUT2D eigenvalue weighted by atomic mass is 16.5. The summed E-state index contributed by atoms with van der Waals surface area (Å²) in [6.07, 6.45) is 1.89. The van der Waals surface area contributed by atoms with Gasteiger partial charge in [-0.2, -0.15) is 0 Å². The number of carbonyl (C=O) groups excluding carboxylic acids is 2. The number of benzene rings is 2. The zero-order valence-corrected chi connectivity index (χ0v) is 16.3. The van der Waals surface area contributed by atoms with E-state index in [-0.39, 0.29) is 11.8 Å². The first-order chi connectivity index (χ1) is 13.6. The Hall–Kier alpha value is -3.02. The molecule has 0 saturated heterocycles. The van der Waals surface area contributed by atoms with Gasteiger partial charge in [-0.05, 0) is 54.7 Å². The Morgan fingerprint density at radius 2 is 1.32 bits per heavy atom. The molecule has 0 atom stereocenters. The predicted octanol–water partition coefficient (Wildman–Crippen LogP) is 2.46. The van der Waals surface area contributed by atoms with Gasteiger partial charge in [-0.3, -0.25) is 9.59 Å². The van der Waals surface area contributed by atoms with E-state index < -0.39 is 5.41 Å². The van der Waals surface area contributed by atoms with E-state index in [2.05, 4.69) is 10.6 Å². The highest BCUT2D eigenvalue weighted by Gasteiger charge is 2.56. The van der Waals surface area contributed by atoms with Gasteiger partial charge < -0.3 is 20.1 Å². The lowest BCUT2D eigenvalue weighted by Gasteiger charge is -2.15. The van der Waals surface area contributed by atoms with Gasteiger partial charge in [-0.15, -0.1) is 0 Å². The molecule has 0 aromatic heterocycles. The van der Waals surface area contributed by atoms with Gasteiger partial charge in [-0.1, -0.05) is 24.3 Å². The van der Waals surface area contributed by atoms with E-state index in [4.69, 9.17) is 9.47 Å². The van der Waals surface area contributed by atoms with Crippen molar-refractivity contribution in [2.24, 2.45) is 5.41 Å². The minimum atomic E-state index is -0.910. The molecule has 0 radical (unpaired) electrons. The average Bonchev–Trinajstić information content (AvgIpc) is 3.55. The van der Waals surface area contributed by atoms with Gasteiger partial charge in [0.05, 0.1) is 14.2 Å². The molecule has 148 valence electrons. The largest absolute Gasteiger partial charge is 0.497 e. The molecule has 2 aromatic rings. The first-order valence-corrected chi connectivity index (χ1v) is 9.40. The lowest BCUT2D eigenvalue weighted by Crippen LogP contribution is -2.43. The van der Waals surface area contributed by atoms with Crippen LogP contribution in [0.1, 0.15) is 24.0 Å². The van der Waals surface area contributed by atoms with Gasteiger partial charge in [0.15, 0.2) is 0 Å². The lowest BCUT2D eigenvalue weighted by molar-refractivity contribution is -0.137. The summed E-state index contributed by atoms with van der Waals surface area (Å²) in [5.41, 5.74) is 1.16. The summed E-state index contributed by atoms with van der Waals surface area (Å²) in [4.78, 5) is 25.1. The number of amides is 2. The van der Waals surface area contributed by atoms with Crippen LogP contribution in [0.25, 0.3) is 0 Å². The quantitative estimate of drug-likeness (QED) is 0.653. The first-order valence-electron chi connectivity index (χ1n) is 9.40. The number of nitrogens with one attached hydrogen (secondary N) is 2. The maximum absolute atomic E-state index is 12.6. The molecule has 2 aromatic carbocycles. The molecule has 6 nitrogen and oxygen atoms in total. The van der Waals surface area contributed by atoms with E-state index in [0.717, 1.165) is 22.6 Å². The molecular formula is C22H26N2O4. The van der Waals surface area contributed by atoms with Crippen molar-refractivity contribution in [2.45, 2.75) is 25.8 Å². The number of hydrogen-bond donors (Lipinski definition) is 2. The third kappa shape index (κ3) is 4.63. The molecule has 1 aliphatic rings. The second-order valence-corrected chi connectivity index (χ2v) is 6.97. The molecule has 28 heavy (non-hydrogen) atoms. The molecule has 2 N–H and O–H groups in total. The smallest absolute Gasteiger partial charge is 0.235 e. The highest BCUT2D eigenvalue weighted by molar-refractivity contribution is 6.07. The third-order valence-corrected chi connectivity index (χ3v) is 5.09. The molecule has 6 heteroatoms. The van der Waals surface area contributed by atoms with Gasteiger partial charge in [0, 0.05) is 13.1 Å². The summed E-state index contributed by atoms with van der Waals surface area (Å²) >= 11 is 0. The van der Waals surface area contributed by atoms with Crippen LogP contribution in [0.15, 0.2) is 48.5 Å². The topological polar surface area (TPSA) is 76.7 Å². The fraction of sp³-hybridized carbons (Fsp3) is 0.364. The molecule has 1 aliphatic carbocycles. The monoisotopic (exact) mass is 382 g/mol. The summed E-state index contributed by atoms with van der Waals surface area (Å²) in [7, 11) is 3.24. The van der Waals surface area contributed by atoms with Gasteiger partial charge in [0.1, 0.15) is 16.9 Å². The number of rotatable bonds is 9. The van der Waals surface area contributed by atoms with E-state index in [9.17, 15) is 9.59 Å². The number of carbonyl (C=O) groups is 2. The summed E-state index contributed by atoms with van der Waals surface area (Å²) in [5.74, 6) is 1.18. The van der Waals surface area contributed by atoms with Crippen molar-refractivity contribution < 1.29 is 19.1 Å². The lowest BCUT2D eigenvalue weighted by atomic mass is 10.0. The average molecular weight is 382 g/mol. The maximum atomic E-state index is 12.6. The summed E-state index contributed by atoms with van der Waals surface area (Å²) in [6, 6.07) is 15.2. The van der Waals surface area contributed by atoms with Crippen LogP contribution in [0.4, 0.5) is 0 Å². The van der Waals surface area contributed by atoms with Crippen LogP contribution < -0.4 is 20.1 Å². The van der Waals surface area contributed by atoms with Crippen molar-refractivity contribution in [2.75, 3.05) is 20.8 Å². The Morgan fingerprint density at radius 1 is 0.821 bits per heavy atom. The molecule has 0 unspecified atom stereocenters. The van der Waals surface area contributed by atoms with Crippen LogP contribution in [0.3, 0.4) is 0 Å².